The second-order valence-corrected chi connectivity index (χ2v) is 7.69. The average Bonchev–Trinajstić information content (AvgIpc) is 3.17. The van der Waals surface area contributed by atoms with Crippen LogP contribution in [-0.4, -0.2) is 47.4 Å². The second-order valence-electron chi connectivity index (χ2n) is 7.28. The summed E-state index contributed by atoms with van der Waals surface area (Å²) in [5.74, 6) is -5.56. The van der Waals surface area contributed by atoms with E-state index in [1.54, 1.807) is 0 Å². The van der Waals surface area contributed by atoms with Crippen molar-refractivity contribution in [1.29, 1.82) is 5.41 Å². The van der Waals surface area contributed by atoms with Crippen LogP contribution in [0.15, 0.2) is 42.6 Å². The molecule has 0 saturated carbocycles. The van der Waals surface area contributed by atoms with Crippen LogP contribution < -0.4 is 20.3 Å². The first-order valence-electron chi connectivity index (χ1n) is 10.1. The van der Waals surface area contributed by atoms with Gasteiger partial charge in [0.1, 0.15) is 29.8 Å². The first-order chi connectivity index (χ1) is 17.3. The summed E-state index contributed by atoms with van der Waals surface area (Å²) >= 11 is 6.22. The summed E-state index contributed by atoms with van der Waals surface area (Å²) in [4.78, 5) is 29.2. The zero-order chi connectivity index (χ0) is 27.5. The molecule has 1 heterocycles. The first kappa shape index (κ1) is 27.3. The highest BCUT2D eigenvalue weighted by molar-refractivity contribution is 6.33. The molecule has 0 fully saturated rings. The third-order valence-corrected chi connectivity index (χ3v) is 5.00. The molecule has 196 valence electrons. The maximum Gasteiger partial charge on any atom is 0.493 e. The van der Waals surface area contributed by atoms with E-state index in [0.29, 0.717) is 0 Å². The van der Waals surface area contributed by atoms with Gasteiger partial charge in [0.2, 0.25) is 0 Å². The van der Waals surface area contributed by atoms with Crippen LogP contribution in [-0.2, 0) is 16.7 Å². The zero-order valence-electron chi connectivity index (χ0n) is 19.1. The molecule has 0 radical (unpaired) electrons. The number of anilines is 1. The quantitative estimate of drug-likeness (QED) is 0.200. The fourth-order valence-electron chi connectivity index (χ4n) is 3.08. The van der Waals surface area contributed by atoms with Gasteiger partial charge in [-0.2, -0.15) is 18.3 Å². The first-order valence-corrected chi connectivity index (χ1v) is 10.5. The molecule has 0 aliphatic carbocycles. The van der Waals surface area contributed by atoms with E-state index in [2.05, 4.69) is 9.94 Å². The van der Waals surface area contributed by atoms with Crippen molar-refractivity contribution >= 4 is 35.0 Å². The second kappa shape index (κ2) is 10.7. The van der Waals surface area contributed by atoms with Crippen molar-refractivity contribution in [1.82, 2.24) is 9.78 Å². The third kappa shape index (κ3) is 6.09. The summed E-state index contributed by atoms with van der Waals surface area (Å²) in [6.07, 6.45) is -4.20. The Labute approximate surface area is 211 Å². The Morgan fingerprint density at radius 1 is 1.22 bits per heavy atom. The molecule has 3 rings (SSSR count). The average molecular weight is 544 g/mol. The monoisotopic (exact) mass is 543 g/mol. The Kier molecular flexibility index (Phi) is 7.91. The fraction of sp³-hybridized carbons (Fsp3) is 0.182. The summed E-state index contributed by atoms with van der Waals surface area (Å²) in [5, 5.41) is 11.4. The highest BCUT2D eigenvalue weighted by Gasteiger charge is 2.44. The summed E-state index contributed by atoms with van der Waals surface area (Å²) in [7, 11) is 2.75. The van der Waals surface area contributed by atoms with E-state index >= 15 is 0 Å². The number of carbonyl (C=O) groups is 2. The molecule has 0 aliphatic heterocycles. The van der Waals surface area contributed by atoms with Gasteiger partial charge in [-0.15, -0.1) is 5.06 Å². The largest absolute Gasteiger partial charge is 0.497 e. The number of nitrogens with one attached hydrogen (secondary N) is 1. The Hall–Kier alpha value is -4.33. The van der Waals surface area contributed by atoms with Gasteiger partial charge in [0.15, 0.2) is 0 Å². The third-order valence-electron chi connectivity index (χ3n) is 4.73. The van der Waals surface area contributed by atoms with Gasteiger partial charge < -0.3 is 20.0 Å². The Morgan fingerprint density at radius 2 is 1.92 bits per heavy atom. The van der Waals surface area contributed by atoms with E-state index in [1.807, 2.05) is 0 Å². The van der Waals surface area contributed by atoms with Gasteiger partial charge >= 0.3 is 12.1 Å². The van der Waals surface area contributed by atoms with Crippen LogP contribution in [0.25, 0.3) is 11.3 Å². The lowest BCUT2D eigenvalue weighted by molar-refractivity contribution is -0.200. The Balaban J connectivity index is 2.17. The van der Waals surface area contributed by atoms with Crippen LogP contribution >= 0.6 is 11.6 Å². The van der Waals surface area contributed by atoms with E-state index < -0.39 is 35.1 Å². The highest BCUT2D eigenvalue weighted by atomic mass is 35.5. The van der Waals surface area contributed by atoms with Gasteiger partial charge in [-0.1, -0.05) is 11.6 Å². The molecule has 37 heavy (non-hydrogen) atoms. The predicted octanol–water partition coefficient (Wildman–Crippen LogP) is 3.87. The summed E-state index contributed by atoms with van der Waals surface area (Å²) < 4.78 is 65.4. The van der Waals surface area contributed by atoms with Gasteiger partial charge in [0.05, 0.1) is 35.3 Å². The number of alkyl halides is 3. The van der Waals surface area contributed by atoms with E-state index in [4.69, 9.17) is 32.2 Å². The SMILES string of the molecule is COc1ccc(C(=O)N(OC(=O)C(F)(F)F)c2ccc(OCC(=N)N)c(-c3c(Cl)cnn3C)c2)c(F)c1. The standard InChI is InChI=1S/C22H18ClF4N5O5/c1-31-19(15(23)9-30-31)14-7-11(3-6-17(14)36-10-18(28)29)32(37-21(34)22(25,26)27)20(33)13-5-4-12(35-2)8-16(13)24/h3-9H,10H2,1-2H3,(H3,28,29). The number of ether oxygens (including phenoxy) is 2. The molecule has 1 amide bonds. The molecule has 0 spiro atoms. The molecule has 10 nitrogen and oxygen atoms in total. The van der Waals surface area contributed by atoms with Crippen molar-refractivity contribution in [2.45, 2.75) is 6.18 Å². The van der Waals surface area contributed by atoms with Gasteiger partial charge in [-0.25, -0.2) is 9.18 Å². The number of amidine groups is 1. The van der Waals surface area contributed by atoms with E-state index in [9.17, 15) is 27.2 Å². The molecule has 0 bridgehead atoms. The van der Waals surface area contributed by atoms with Crippen LogP contribution in [0.5, 0.6) is 11.5 Å². The number of nitrogens with zero attached hydrogens (tertiary/aromatic N) is 3. The number of nitrogens with two attached hydrogens (primary N) is 1. The maximum absolute atomic E-state index is 14.6. The predicted molar refractivity (Wildman–Crippen MR) is 123 cm³/mol. The van der Waals surface area contributed by atoms with Crippen LogP contribution in [0.2, 0.25) is 5.02 Å². The number of aryl methyl sites for hydroxylation is 1. The molecule has 2 aromatic carbocycles. The minimum Gasteiger partial charge on any atom is -0.497 e. The summed E-state index contributed by atoms with van der Waals surface area (Å²) in [5.41, 5.74) is 4.49. The molecule has 3 N–H and O–H groups in total. The topological polar surface area (TPSA) is 133 Å². The minimum atomic E-state index is -5.48. The van der Waals surface area contributed by atoms with Gasteiger partial charge in [0, 0.05) is 18.7 Å². The number of amides is 1. The van der Waals surface area contributed by atoms with E-state index in [0.717, 1.165) is 24.3 Å². The number of benzene rings is 2. The van der Waals surface area contributed by atoms with Crippen LogP contribution in [0.3, 0.4) is 0 Å². The molecule has 3 aromatic rings. The number of hydrogen-bond donors (Lipinski definition) is 2. The lowest BCUT2D eigenvalue weighted by atomic mass is 10.1. The lowest BCUT2D eigenvalue weighted by Gasteiger charge is -2.23. The molecule has 0 unspecified atom stereocenters. The summed E-state index contributed by atoms with van der Waals surface area (Å²) in [6, 6.07) is 6.38. The lowest BCUT2D eigenvalue weighted by Crippen LogP contribution is -2.39. The molecule has 15 heteroatoms. The Bertz CT molecular complexity index is 1340. The number of carbonyl (C=O) groups excluding carboxylic acids is 2. The van der Waals surface area contributed by atoms with Crippen molar-refractivity contribution in [3.8, 4) is 22.8 Å². The van der Waals surface area contributed by atoms with Crippen molar-refractivity contribution in [3.63, 3.8) is 0 Å². The van der Waals surface area contributed by atoms with Gasteiger partial charge in [-0.3, -0.25) is 14.9 Å². The molecule has 0 saturated heterocycles. The number of hydrogen-bond acceptors (Lipinski definition) is 7. The number of halogens is 5. The molecule has 1 aromatic heterocycles. The van der Waals surface area contributed by atoms with Crippen molar-refractivity contribution in [3.05, 3.63) is 59.0 Å². The number of hydroxylamine groups is 1. The van der Waals surface area contributed by atoms with Crippen molar-refractivity contribution in [2.24, 2.45) is 12.8 Å². The summed E-state index contributed by atoms with van der Waals surface area (Å²) in [6.45, 7) is -0.357. The number of rotatable bonds is 7. The maximum atomic E-state index is 14.6. The highest BCUT2D eigenvalue weighted by Crippen LogP contribution is 2.38. The smallest absolute Gasteiger partial charge is 0.493 e. The minimum absolute atomic E-state index is 0.0107. The zero-order valence-corrected chi connectivity index (χ0v) is 19.9. The van der Waals surface area contributed by atoms with Gasteiger partial charge in [0.25, 0.3) is 5.91 Å². The molecular formula is C22H18ClF4N5O5. The number of methoxy groups -OCH3 is 1. The van der Waals surface area contributed by atoms with Crippen LogP contribution in [0.1, 0.15) is 10.4 Å². The molecule has 0 aliphatic rings. The molecule has 0 atom stereocenters. The van der Waals surface area contributed by atoms with E-state index in [1.165, 1.54) is 37.2 Å². The normalized spacial score (nSPS) is 11.1. The van der Waals surface area contributed by atoms with Crippen LogP contribution in [0.4, 0.5) is 23.2 Å². The number of aromatic nitrogens is 2. The van der Waals surface area contributed by atoms with Crippen molar-refractivity contribution < 1.29 is 41.5 Å². The Morgan fingerprint density at radius 3 is 2.46 bits per heavy atom. The van der Waals surface area contributed by atoms with Gasteiger partial charge in [-0.05, 0) is 30.3 Å². The van der Waals surface area contributed by atoms with E-state index in [-0.39, 0.29) is 45.3 Å². The van der Waals surface area contributed by atoms with Crippen molar-refractivity contribution in [2.75, 3.05) is 18.8 Å². The van der Waals surface area contributed by atoms with Crippen LogP contribution in [0, 0.1) is 11.2 Å². The fourth-order valence-corrected chi connectivity index (χ4v) is 3.34. The molecular weight excluding hydrogens is 526 g/mol.